The van der Waals surface area contributed by atoms with Gasteiger partial charge in [-0.05, 0) is 55.2 Å². The topological polar surface area (TPSA) is 20.2 Å². The van der Waals surface area contributed by atoms with E-state index in [0.717, 1.165) is 10.6 Å². The Bertz CT molecular complexity index is 608. The fourth-order valence-electron chi connectivity index (χ4n) is 2.05. The summed E-state index contributed by atoms with van der Waals surface area (Å²) in [5, 5.41) is 9.79. The molecule has 1 atom stereocenters. The predicted octanol–water partition coefficient (Wildman–Crippen LogP) is 4.79. The second-order valence-corrected chi connectivity index (χ2v) is 6.05. The molecule has 20 heavy (non-hydrogen) atoms. The largest absolute Gasteiger partial charge is 0.389 e. The van der Waals surface area contributed by atoms with Crippen molar-refractivity contribution < 1.29 is 9.50 Å². The van der Waals surface area contributed by atoms with Gasteiger partial charge in [-0.2, -0.15) is 0 Å². The second kappa shape index (κ2) is 6.42. The summed E-state index contributed by atoms with van der Waals surface area (Å²) in [6.07, 6.45) is -0.663. The lowest BCUT2D eigenvalue weighted by Gasteiger charge is -2.14. The molecular weight excluding hydrogens is 271 g/mol. The maximum Gasteiger partial charge on any atom is 0.126 e. The molecule has 0 unspecified atom stereocenters. The maximum atomic E-state index is 13.6. The average Bonchev–Trinajstić information content (AvgIpc) is 2.41. The third-order valence-corrected chi connectivity index (χ3v) is 4.51. The number of benzene rings is 2. The van der Waals surface area contributed by atoms with E-state index in [4.69, 9.17) is 0 Å². The van der Waals surface area contributed by atoms with Crippen LogP contribution in [0.3, 0.4) is 0 Å². The molecule has 2 rings (SSSR count). The number of hydrogen-bond acceptors (Lipinski definition) is 2. The minimum atomic E-state index is -0.663. The van der Waals surface area contributed by atoms with Gasteiger partial charge in [0.15, 0.2) is 0 Å². The predicted molar refractivity (Wildman–Crippen MR) is 82.5 cm³/mol. The highest BCUT2D eigenvalue weighted by Crippen LogP contribution is 2.32. The number of aryl methyl sites for hydroxylation is 2. The van der Waals surface area contributed by atoms with Gasteiger partial charge in [-0.15, -0.1) is 11.8 Å². The van der Waals surface area contributed by atoms with E-state index in [0.29, 0.717) is 11.1 Å². The Morgan fingerprint density at radius 1 is 1.15 bits per heavy atom. The molecule has 0 fully saturated rings. The summed E-state index contributed by atoms with van der Waals surface area (Å²) in [6, 6.07) is 11.5. The van der Waals surface area contributed by atoms with Crippen LogP contribution in [0.4, 0.5) is 4.39 Å². The molecule has 0 bridgehead atoms. The smallest absolute Gasteiger partial charge is 0.126 e. The lowest BCUT2D eigenvalue weighted by atomic mass is 10.1. The quantitative estimate of drug-likeness (QED) is 0.817. The van der Waals surface area contributed by atoms with E-state index >= 15 is 0 Å². The third-order valence-electron chi connectivity index (χ3n) is 3.39. The zero-order valence-corrected chi connectivity index (χ0v) is 12.8. The summed E-state index contributed by atoms with van der Waals surface area (Å²) in [5.41, 5.74) is 3.78. The Hall–Kier alpha value is -1.32. The van der Waals surface area contributed by atoms with Crippen molar-refractivity contribution in [3.05, 3.63) is 64.5 Å². The summed E-state index contributed by atoms with van der Waals surface area (Å²) < 4.78 is 13.6. The van der Waals surface area contributed by atoms with Gasteiger partial charge in [-0.3, -0.25) is 0 Å². The third kappa shape index (κ3) is 3.41. The zero-order chi connectivity index (χ0) is 14.7. The first-order chi connectivity index (χ1) is 9.49. The van der Waals surface area contributed by atoms with Crippen LogP contribution in [0.1, 0.15) is 35.3 Å². The SMILES string of the molecule is Cc1cc(SCc2ccccc2C)c([C@@H](C)O)cc1F. The fourth-order valence-corrected chi connectivity index (χ4v) is 3.34. The monoisotopic (exact) mass is 290 g/mol. The first-order valence-electron chi connectivity index (χ1n) is 6.64. The molecule has 3 heteroatoms. The average molecular weight is 290 g/mol. The molecule has 2 aromatic carbocycles. The maximum absolute atomic E-state index is 13.6. The van der Waals surface area contributed by atoms with Gasteiger partial charge in [0.1, 0.15) is 5.82 Å². The number of thioether (sulfide) groups is 1. The highest BCUT2D eigenvalue weighted by Gasteiger charge is 2.12. The second-order valence-electron chi connectivity index (χ2n) is 5.03. The van der Waals surface area contributed by atoms with Crippen LogP contribution in [0.15, 0.2) is 41.3 Å². The first kappa shape index (κ1) is 15.1. The molecule has 0 aliphatic carbocycles. The zero-order valence-electron chi connectivity index (χ0n) is 12.0. The highest BCUT2D eigenvalue weighted by atomic mass is 32.2. The van der Waals surface area contributed by atoms with Crippen molar-refractivity contribution in [2.24, 2.45) is 0 Å². The van der Waals surface area contributed by atoms with E-state index in [1.807, 2.05) is 18.2 Å². The van der Waals surface area contributed by atoms with Gasteiger partial charge in [0.25, 0.3) is 0 Å². The minimum absolute atomic E-state index is 0.263. The van der Waals surface area contributed by atoms with Crippen molar-refractivity contribution in [2.45, 2.75) is 37.5 Å². The molecule has 0 heterocycles. The minimum Gasteiger partial charge on any atom is -0.389 e. The van der Waals surface area contributed by atoms with Crippen LogP contribution in [0.2, 0.25) is 0 Å². The van der Waals surface area contributed by atoms with Crippen LogP contribution >= 0.6 is 11.8 Å². The van der Waals surface area contributed by atoms with Crippen molar-refractivity contribution >= 4 is 11.8 Å². The molecular formula is C17H19FOS. The summed E-state index contributed by atoms with van der Waals surface area (Å²) in [6.45, 7) is 5.50. The van der Waals surface area contributed by atoms with E-state index < -0.39 is 6.10 Å². The number of rotatable bonds is 4. The van der Waals surface area contributed by atoms with Crippen LogP contribution in [-0.4, -0.2) is 5.11 Å². The Balaban J connectivity index is 2.25. The lowest BCUT2D eigenvalue weighted by molar-refractivity contribution is 0.196. The Morgan fingerprint density at radius 2 is 1.85 bits per heavy atom. The van der Waals surface area contributed by atoms with E-state index in [1.165, 1.54) is 17.2 Å². The summed E-state index contributed by atoms with van der Waals surface area (Å²) in [5.74, 6) is 0.554. The van der Waals surface area contributed by atoms with Crippen LogP contribution in [-0.2, 0) is 5.75 Å². The molecule has 0 amide bonds. The molecule has 1 N–H and O–H groups in total. The first-order valence-corrected chi connectivity index (χ1v) is 7.63. The molecule has 1 nitrogen and oxygen atoms in total. The normalized spacial score (nSPS) is 12.4. The fraction of sp³-hybridized carbons (Fsp3) is 0.294. The van der Waals surface area contributed by atoms with E-state index in [2.05, 4.69) is 19.1 Å². The molecule has 0 saturated carbocycles. The molecule has 0 spiro atoms. The van der Waals surface area contributed by atoms with E-state index in [9.17, 15) is 9.50 Å². The number of halogens is 1. The standard InChI is InChI=1S/C17H19FOS/c1-11-6-4-5-7-14(11)10-20-17-8-12(2)16(18)9-15(17)13(3)19/h4-9,13,19H,10H2,1-3H3/t13-/m1/s1. The molecule has 0 radical (unpaired) electrons. The number of aliphatic hydroxyl groups is 1. The molecule has 0 aliphatic heterocycles. The van der Waals surface area contributed by atoms with Gasteiger partial charge in [0.2, 0.25) is 0 Å². The molecule has 2 aromatic rings. The summed E-state index contributed by atoms with van der Waals surface area (Å²) in [4.78, 5) is 0.946. The molecule has 0 aromatic heterocycles. The highest BCUT2D eigenvalue weighted by molar-refractivity contribution is 7.98. The van der Waals surface area contributed by atoms with Crippen LogP contribution in [0.25, 0.3) is 0 Å². The Morgan fingerprint density at radius 3 is 2.50 bits per heavy atom. The summed E-state index contributed by atoms with van der Waals surface area (Å²) >= 11 is 1.64. The van der Waals surface area contributed by atoms with Crippen LogP contribution < -0.4 is 0 Å². The lowest BCUT2D eigenvalue weighted by Crippen LogP contribution is -1.98. The molecule has 0 saturated heterocycles. The van der Waals surface area contributed by atoms with Gasteiger partial charge < -0.3 is 5.11 Å². The Labute approximate surface area is 123 Å². The van der Waals surface area contributed by atoms with Gasteiger partial charge in [-0.25, -0.2) is 4.39 Å². The van der Waals surface area contributed by atoms with Gasteiger partial charge in [-0.1, -0.05) is 24.3 Å². The van der Waals surface area contributed by atoms with E-state index in [-0.39, 0.29) is 5.82 Å². The number of hydrogen-bond donors (Lipinski definition) is 1. The van der Waals surface area contributed by atoms with Crippen molar-refractivity contribution in [1.82, 2.24) is 0 Å². The molecule has 106 valence electrons. The van der Waals surface area contributed by atoms with Crippen LogP contribution in [0, 0.1) is 19.7 Å². The number of aliphatic hydroxyl groups excluding tert-OH is 1. The Kier molecular flexibility index (Phi) is 4.84. The van der Waals surface area contributed by atoms with Crippen molar-refractivity contribution in [1.29, 1.82) is 0 Å². The van der Waals surface area contributed by atoms with Gasteiger partial charge in [0, 0.05) is 10.6 Å². The van der Waals surface area contributed by atoms with Gasteiger partial charge >= 0.3 is 0 Å². The summed E-state index contributed by atoms with van der Waals surface area (Å²) in [7, 11) is 0. The van der Waals surface area contributed by atoms with Crippen LogP contribution in [0.5, 0.6) is 0 Å². The molecule has 0 aliphatic rings. The van der Waals surface area contributed by atoms with Crippen molar-refractivity contribution in [3.63, 3.8) is 0 Å². The van der Waals surface area contributed by atoms with Crippen molar-refractivity contribution in [2.75, 3.05) is 0 Å². The van der Waals surface area contributed by atoms with Crippen molar-refractivity contribution in [3.8, 4) is 0 Å². The van der Waals surface area contributed by atoms with Gasteiger partial charge in [0.05, 0.1) is 6.10 Å². The van der Waals surface area contributed by atoms with E-state index in [1.54, 1.807) is 25.6 Å².